The number of hydrogen-bond acceptors (Lipinski definition) is 11. The summed E-state index contributed by atoms with van der Waals surface area (Å²) < 4.78 is 57.6. The van der Waals surface area contributed by atoms with Gasteiger partial charge in [0.15, 0.2) is 18.5 Å². The summed E-state index contributed by atoms with van der Waals surface area (Å²) in [6.45, 7) is -0.158. The van der Waals surface area contributed by atoms with Crippen LogP contribution in [0.2, 0.25) is 0 Å². The normalized spacial score (nSPS) is 22.5. The van der Waals surface area contributed by atoms with Crippen LogP contribution < -0.4 is 4.74 Å². The predicted molar refractivity (Wildman–Crippen MR) is 145 cm³/mol. The second-order valence-electron chi connectivity index (χ2n) is 9.17. The molecule has 11 nitrogen and oxygen atoms in total. The molecule has 1 fully saturated rings. The lowest BCUT2D eigenvalue weighted by Gasteiger charge is -2.42. The Labute approximate surface area is 237 Å². The summed E-state index contributed by atoms with van der Waals surface area (Å²) >= 11 is 0. The van der Waals surface area contributed by atoms with Crippen molar-refractivity contribution in [2.24, 2.45) is 0 Å². The Bertz CT molecular complexity index is 1400. The highest BCUT2D eigenvalue weighted by Gasteiger charge is 2.52. The van der Waals surface area contributed by atoms with Crippen molar-refractivity contribution in [1.82, 2.24) is 0 Å². The average Bonchev–Trinajstić information content (AvgIpc) is 2.97. The van der Waals surface area contributed by atoms with E-state index in [9.17, 15) is 23.1 Å². The number of aliphatic hydroxyl groups excluding tert-OH is 1. The van der Waals surface area contributed by atoms with Crippen LogP contribution in [0.4, 0.5) is 0 Å². The van der Waals surface area contributed by atoms with Crippen LogP contribution in [0.5, 0.6) is 5.75 Å². The zero-order chi connectivity index (χ0) is 29.4. The minimum absolute atomic E-state index is 0.104. The maximum Gasteiger partial charge on any atom is 0.338 e. The second-order valence-corrected chi connectivity index (χ2v) is 10.8. The SMILES string of the molecule is COc1ccc(COC[C@H]2O[C@H](O)[C@H](OC(=O)c3ccccc3)[C@@H](OC(=O)c3ccccc3)[C@H]2OS(C)(=O)=O)cc1. The van der Waals surface area contributed by atoms with E-state index < -0.39 is 52.8 Å². The number of carbonyl (C=O) groups excluding carboxylic acids is 2. The van der Waals surface area contributed by atoms with Crippen molar-refractivity contribution < 1.29 is 51.0 Å². The van der Waals surface area contributed by atoms with Crippen molar-refractivity contribution in [3.8, 4) is 5.75 Å². The first-order valence-corrected chi connectivity index (χ1v) is 14.4. The Balaban J connectivity index is 1.60. The summed E-state index contributed by atoms with van der Waals surface area (Å²) in [5.41, 5.74) is 1.08. The number of ether oxygens (including phenoxy) is 5. The highest BCUT2D eigenvalue weighted by atomic mass is 32.2. The van der Waals surface area contributed by atoms with Crippen LogP contribution in [0, 0.1) is 0 Å². The van der Waals surface area contributed by atoms with Crippen LogP contribution >= 0.6 is 0 Å². The van der Waals surface area contributed by atoms with E-state index in [0.29, 0.717) is 5.75 Å². The number of methoxy groups -OCH3 is 1. The van der Waals surface area contributed by atoms with E-state index in [1.807, 2.05) is 0 Å². The Morgan fingerprint density at radius 2 is 1.34 bits per heavy atom. The molecule has 0 radical (unpaired) electrons. The first kappa shape index (κ1) is 30.2. The van der Waals surface area contributed by atoms with Gasteiger partial charge in [-0.05, 0) is 42.0 Å². The zero-order valence-electron chi connectivity index (χ0n) is 22.3. The molecule has 0 aromatic heterocycles. The lowest BCUT2D eigenvalue weighted by molar-refractivity contribution is -0.282. The molecule has 0 bridgehead atoms. The summed E-state index contributed by atoms with van der Waals surface area (Å²) in [6.07, 6.45) is -7.01. The van der Waals surface area contributed by atoms with Gasteiger partial charge in [0.25, 0.3) is 10.1 Å². The first-order valence-electron chi connectivity index (χ1n) is 12.6. The summed E-state index contributed by atoms with van der Waals surface area (Å²) in [7, 11) is -2.61. The van der Waals surface area contributed by atoms with Crippen molar-refractivity contribution >= 4 is 22.1 Å². The Morgan fingerprint density at radius 1 is 0.805 bits per heavy atom. The number of aliphatic hydroxyl groups is 1. The minimum atomic E-state index is -4.16. The number of benzene rings is 3. The molecular formula is C29H30O11S. The van der Waals surface area contributed by atoms with Crippen LogP contribution in [0.25, 0.3) is 0 Å². The van der Waals surface area contributed by atoms with Gasteiger partial charge in [0.2, 0.25) is 0 Å². The standard InChI is InChI=1S/C29H30O11S/c1-35-22-15-13-19(14-16-22)17-36-18-23-24(40-41(2,33)34)25(38-27(30)20-9-5-3-6-10-20)26(29(32)37-23)39-28(31)21-11-7-4-8-12-21/h3-16,23-26,29,32H,17-18H2,1-2H3/t23-,24+,25+,26-,29+/m1/s1. The number of esters is 2. The summed E-state index contributed by atoms with van der Waals surface area (Å²) in [6, 6.07) is 22.9. The topological polar surface area (TPSA) is 144 Å². The fraction of sp³-hybridized carbons (Fsp3) is 0.310. The van der Waals surface area contributed by atoms with E-state index >= 15 is 0 Å². The maximum absolute atomic E-state index is 13.1. The van der Waals surface area contributed by atoms with Gasteiger partial charge in [0.1, 0.15) is 18.0 Å². The van der Waals surface area contributed by atoms with Gasteiger partial charge in [-0.15, -0.1) is 0 Å². The average molecular weight is 587 g/mol. The fourth-order valence-corrected chi connectivity index (χ4v) is 4.79. The highest BCUT2D eigenvalue weighted by molar-refractivity contribution is 7.86. The molecule has 0 aliphatic carbocycles. The highest BCUT2D eigenvalue weighted by Crippen LogP contribution is 2.30. The molecule has 0 saturated carbocycles. The summed E-state index contributed by atoms with van der Waals surface area (Å²) in [4.78, 5) is 25.9. The van der Waals surface area contributed by atoms with Gasteiger partial charge in [-0.25, -0.2) is 9.59 Å². The van der Waals surface area contributed by atoms with E-state index in [0.717, 1.165) is 11.8 Å². The Kier molecular flexibility index (Phi) is 10.1. The van der Waals surface area contributed by atoms with Gasteiger partial charge in [0, 0.05) is 0 Å². The molecule has 0 unspecified atom stereocenters. The second kappa shape index (κ2) is 13.7. The van der Waals surface area contributed by atoms with Gasteiger partial charge >= 0.3 is 11.9 Å². The van der Waals surface area contributed by atoms with E-state index in [4.69, 9.17) is 27.9 Å². The van der Waals surface area contributed by atoms with Crippen LogP contribution in [0.15, 0.2) is 84.9 Å². The monoisotopic (exact) mass is 586 g/mol. The van der Waals surface area contributed by atoms with Crippen LogP contribution in [0.3, 0.4) is 0 Å². The third-order valence-electron chi connectivity index (χ3n) is 6.11. The van der Waals surface area contributed by atoms with E-state index in [-0.39, 0.29) is 24.3 Å². The molecule has 3 aromatic carbocycles. The lowest BCUT2D eigenvalue weighted by atomic mass is 9.98. The maximum atomic E-state index is 13.1. The van der Waals surface area contributed by atoms with Gasteiger partial charge in [-0.1, -0.05) is 48.5 Å². The minimum Gasteiger partial charge on any atom is -0.497 e. The molecule has 41 heavy (non-hydrogen) atoms. The van der Waals surface area contributed by atoms with Crippen LogP contribution in [-0.4, -0.2) is 76.1 Å². The molecule has 1 saturated heterocycles. The van der Waals surface area contributed by atoms with Crippen molar-refractivity contribution in [1.29, 1.82) is 0 Å². The molecule has 1 aliphatic rings. The lowest BCUT2D eigenvalue weighted by Crippen LogP contribution is -2.62. The van der Waals surface area contributed by atoms with Gasteiger partial charge < -0.3 is 28.8 Å². The first-order chi connectivity index (χ1) is 19.6. The molecule has 3 aromatic rings. The molecular weight excluding hydrogens is 556 g/mol. The molecule has 1 heterocycles. The third kappa shape index (κ3) is 8.35. The molecule has 5 atom stereocenters. The largest absolute Gasteiger partial charge is 0.497 e. The quantitative estimate of drug-likeness (QED) is 0.262. The Morgan fingerprint density at radius 3 is 1.85 bits per heavy atom. The fourth-order valence-electron chi connectivity index (χ4n) is 4.15. The molecule has 4 rings (SSSR count). The van der Waals surface area contributed by atoms with E-state index in [2.05, 4.69) is 0 Å². The van der Waals surface area contributed by atoms with Gasteiger partial charge in [-0.3, -0.25) is 4.18 Å². The summed E-state index contributed by atoms with van der Waals surface area (Å²) in [5, 5.41) is 10.9. The van der Waals surface area contributed by atoms with Crippen LogP contribution in [0.1, 0.15) is 26.3 Å². The number of rotatable bonds is 11. The Hall–Kier alpha value is -3.81. The van der Waals surface area contributed by atoms with Gasteiger partial charge in [-0.2, -0.15) is 8.42 Å². The smallest absolute Gasteiger partial charge is 0.338 e. The van der Waals surface area contributed by atoms with Crippen molar-refractivity contribution in [3.05, 3.63) is 102 Å². The molecule has 1 aliphatic heterocycles. The number of hydrogen-bond donors (Lipinski definition) is 1. The molecule has 12 heteroatoms. The van der Waals surface area contributed by atoms with Crippen LogP contribution in [-0.2, 0) is 39.9 Å². The molecule has 218 valence electrons. The van der Waals surface area contributed by atoms with E-state index in [1.165, 1.54) is 24.3 Å². The van der Waals surface area contributed by atoms with Crippen molar-refractivity contribution in [2.75, 3.05) is 20.0 Å². The third-order valence-corrected chi connectivity index (χ3v) is 6.68. The van der Waals surface area contributed by atoms with Crippen molar-refractivity contribution in [2.45, 2.75) is 37.3 Å². The van der Waals surface area contributed by atoms with Gasteiger partial charge in [0.05, 0.1) is 37.7 Å². The predicted octanol–water partition coefficient (Wildman–Crippen LogP) is 2.73. The zero-order valence-corrected chi connectivity index (χ0v) is 23.1. The van der Waals surface area contributed by atoms with Crippen molar-refractivity contribution in [3.63, 3.8) is 0 Å². The molecule has 0 spiro atoms. The number of carbonyl (C=O) groups is 2. The molecule has 1 N–H and O–H groups in total. The molecule has 0 amide bonds. The van der Waals surface area contributed by atoms with E-state index in [1.54, 1.807) is 67.8 Å². The summed E-state index contributed by atoms with van der Waals surface area (Å²) in [5.74, 6) is -1.05.